The summed E-state index contributed by atoms with van der Waals surface area (Å²) in [5.74, 6) is 0.584. The van der Waals surface area contributed by atoms with Crippen LogP contribution in [-0.2, 0) is 21.8 Å². The molecule has 0 bridgehead atoms. The van der Waals surface area contributed by atoms with E-state index in [1.165, 1.54) is 16.4 Å². The molecule has 148 valence electrons. The lowest BCUT2D eigenvalue weighted by atomic mass is 10.1. The summed E-state index contributed by atoms with van der Waals surface area (Å²) in [5.41, 5.74) is 2.31. The van der Waals surface area contributed by atoms with E-state index in [0.717, 1.165) is 17.5 Å². The number of benzene rings is 2. The molecule has 4 rings (SSSR count). The first-order chi connectivity index (χ1) is 14.2. The van der Waals surface area contributed by atoms with E-state index >= 15 is 0 Å². The van der Waals surface area contributed by atoms with E-state index in [0.29, 0.717) is 23.4 Å². The maximum Gasteiger partial charge on any atom is 0.245 e. The van der Waals surface area contributed by atoms with Gasteiger partial charge in [-0.25, -0.2) is 4.68 Å². The first kappa shape index (κ1) is 19.2. The summed E-state index contributed by atoms with van der Waals surface area (Å²) < 4.78 is 1.52. The third-order valence-corrected chi connectivity index (χ3v) is 5.51. The molecule has 1 atom stereocenters. The zero-order valence-electron chi connectivity index (χ0n) is 15.7. The number of amides is 2. The van der Waals surface area contributed by atoms with Crippen LogP contribution >= 0.6 is 11.8 Å². The topological polar surface area (TPSA) is 88.9 Å². The van der Waals surface area contributed by atoms with Crippen molar-refractivity contribution in [3.8, 4) is 0 Å². The third-order valence-electron chi connectivity index (χ3n) is 4.61. The van der Waals surface area contributed by atoms with Gasteiger partial charge in [0.1, 0.15) is 6.04 Å². The Hall–Kier alpha value is -3.13. The summed E-state index contributed by atoms with van der Waals surface area (Å²) in [6.45, 7) is 0.501. The molecule has 0 saturated heterocycles. The van der Waals surface area contributed by atoms with Crippen molar-refractivity contribution in [3.05, 3.63) is 71.8 Å². The molecular weight excluding hydrogens is 386 g/mol. The zero-order valence-corrected chi connectivity index (χ0v) is 16.6. The minimum absolute atomic E-state index is 0.0519. The van der Waals surface area contributed by atoms with E-state index in [1.54, 1.807) is 0 Å². The van der Waals surface area contributed by atoms with E-state index in [-0.39, 0.29) is 18.2 Å². The van der Waals surface area contributed by atoms with Gasteiger partial charge in [-0.1, -0.05) is 72.4 Å². The number of carbonyl (C=O) groups excluding carboxylic acids is 2. The molecule has 1 unspecified atom stereocenters. The van der Waals surface area contributed by atoms with Gasteiger partial charge in [0.15, 0.2) is 0 Å². The molecule has 29 heavy (non-hydrogen) atoms. The number of carbonyl (C=O) groups is 2. The molecule has 3 aromatic rings. The van der Waals surface area contributed by atoms with E-state index in [4.69, 9.17) is 0 Å². The first-order valence-corrected chi connectivity index (χ1v) is 10.4. The number of thioether (sulfide) groups is 1. The van der Waals surface area contributed by atoms with Crippen molar-refractivity contribution in [3.63, 3.8) is 0 Å². The smallest absolute Gasteiger partial charge is 0.245 e. The SMILES string of the molecule is O=C1CC(C(=O)NCCc2ccccc2)n2nc(SCc3ccccc3)nc2N1. The molecule has 1 aliphatic rings. The minimum Gasteiger partial charge on any atom is -0.354 e. The van der Waals surface area contributed by atoms with Gasteiger partial charge in [0.25, 0.3) is 0 Å². The molecule has 8 heteroatoms. The van der Waals surface area contributed by atoms with Crippen LogP contribution in [0.15, 0.2) is 65.8 Å². The highest BCUT2D eigenvalue weighted by atomic mass is 32.2. The molecule has 7 nitrogen and oxygen atoms in total. The number of aromatic nitrogens is 3. The molecule has 0 radical (unpaired) electrons. The van der Waals surface area contributed by atoms with Gasteiger partial charge in [-0.2, -0.15) is 4.98 Å². The molecular formula is C21H21N5O2S. The number of anilines is 1. The molecule has 2 N–H and O–H groups in total. The van der Waals surface area contributed by atoms with Crippen LogP contribution in [0.5, 0.6) is 0 Å². The Labute approximate surface area is 172 Å². The third kappa shape index (κ3) is 4.83. The van der Waals surface area contributed by atoms with Crippen LogP contribution in [0.3, 0.4) is 0 Å². The minimum atomic E-state index is -0.687. The lowest BCUT2D eigenvalue weighted by Crippen LogP contribution is -2.39. The molecule has 1 aliphatic heterocycles. The molecule has 1 aromatic heterocycles. The summed E-state index contributed by atoms with van der Waals surface area (Å²) in [4.78, 5) is 29.1. The van der Waals surface area contributed by atoms with E-state index in [1.807, 2.05) is 60.7 Å². The van der Waals surface area contributed by atoms with Crippen LogP contribution in [0.1, 0.15) is 23.6 Å². The second-order valence-corrected chi connectivity index (χ2v) is 7.67. The number of nitrogens with one attached hydrogen (secondary N) is 2. The van der Waals surface area contributed by atoms with Gasteiger partial charge in [0.2, 0.25) is 22.9 Å². The molecule has 2 heterocycles. The molecule has 2 aromatic carbocycles. The van der Waals surface area contributed by atoms with Gasteiger partial charge in [-0.3, -0.25) is 14.9 Å². The van der Waals surface area contributed by atoms with Crippen LogP contribution < -0.4 is 10.6 Å². The highest BCUT2D eigenvalue weighted by Crippen LogP contribution is 2.27. The van der Waals surface area contributed by atoms with Gasteiger partial charge in [0.05, 0.1) is 6.42 Å². The zero-order chi connectivity index (χ0) is 20.1. The van der Waals surface area contributed by atoms with Crippen molar-refractivity contribution >= 4 is 29.5 Å². The highest BCUT2D eigenvalue weighted by Gasteiger charge is 2.32. The van der Waals surface area contributed by atoms with E-state index in [9.17, 15) is 9.59 Å². The van der Waals surface area contributed by atoms with E-state index < -0.39 is 6.04 Å². The average molecular weight is 407 g/mol. The second kappa shape index (κ2) is 8.91. The Kier molecular flexibility index (Phi) is 5.90. The predicted octanol–water partition coefficient (Wildman–Crippen LogP) is 2.81. The Morgan fingerprint density at radius 2 is 1.79 bits per heavy atom. The Bertz CT molecular complexity index is 991. The highest BCUT2D eigenvalue weighted by molar-refractivity contribution is 7.98. The summed E-state index contributed by atoms with van der Waals surface area (Å²) >= 11 is 1.47. The fraction of sp³-hybridized carbons (Fsp3) is 0.238. The summed E-state index contributed by atoms with van der Waals surface area (Å²) in [6.07, 6.45) is 0.782. The number of hydrogen-bond acceptors (Lipinski definition) is 5. The van der Waals surface area contributed by atoms with Crippen molar-refractivity contribution in [2.75, 3.05) is 11.9 Å². The van der Waals surface area contributed by atoms with Crippen molar-refractivity contribution in [1.29, 1.82) is 0 Å². The normalized spacial score (nSPS) is 15.4. The van der Waals surface area contributed by atoms with Crippen molar-refractivity contribution in [2.45, 2.75) is 29.8 Å². The molecule has 0 aliphatic carbocycles. The number of rotatable bonds is 7. The van der Waals surface area contributed by atoms with Crippen LogP contribution in [0.2, 0.25) is 0 Å². The summed E-state index contributed by atoms with van der Waals surface area (Å²) in [5, 5.41) is 10.6. The van der Waals surface area contributed by atoms with Crippen molar-refractivity contribution in [1.82, 2.24) is 20.1 Å². The maximum atomic E-state index is 12.7. The number of fused-ring (bicyclic) bond motifs is 1. The average Bonchev–Trinajstić information content (AvgIpc) is 3.16. The predicted molar refractivity (Wildman–Crippen MR) is 111 cm³/mol. The van der Waals surface area contributed by atoms with Gasteiger partial charge in [-0.05, 0) is 17.5 Å². The fourth-order valence-corrected chi connectivity index (χ4v) is 3.91. The fourth-order valence-electron chi connectivity index (χ4n) is 3.12. The van der Waals surface area contributed by atoms with Gasteiger partial charge >= 0.3 is 0 Å². The summed E-state index contributed by atoms with van der Waals surface area (Å²) in [6, 6.07) is 19.3. The monoisotopic (exact) mass is 407 g/mol. The van der Waals surface area contributed by atoms with Crippen molar-refractivity contribution in [2.24, 2.45) is 0 Å². The van der Waals surface area contributed by atoms with Crippen molar-refractivity contribution < 1.29 is 9.59 Å². The standard InChI is InChI=1S/C21H21N5O2S/c27-18-13-17(19(28)22-12-11-15-7-3-1-4-8-15)26-20(23-18)24-21(25-26)29-14-16-9-5-2-6-10-16/h1-10,17H,11-14H2,(H,22,28)(H,23,24,25,27). The number of nitrogens with zero attached hydrogens (tertiary/aromatic N) is 3. The maximum absolute atomic E-state index is 12.7. The quantitative estimate of drug-likeness (QED) is 0.588. The molecule has 2 amide bonds. The van der Waals surface area contributed by atoms with Crippen LogP contribution in [0.25, 0.3) is 0 Å². The first-order valence-electron chi connectivity index (χ1n) is 9.44. The summed E-state index contributed by atoms with van der Waals surface area (Å²) in [7, 11) is 0. The molecule has 0 saturated carbocycles. The second-order valence-electron chi connectivity index (χ2n) is 6.73. The van der Waals surface area contributed by atoms with E-state index in [2.05, 4.69) is 20.7 Å². The Morgan fingerprint density at radius 1 is 1.10 bits per heavy atom. The van der Waals surface area contributed by atoms with Crippen LogP contribution in [-0.4, -0.2) is 33.1 Å². The van der Waals surface area contributed by atoms with Gasteiger partial charge in [0, 0.05) is 12.3 Å². The van der Waals surface area contributed by atoms with Crippen LogP contribution in [0.4, 0.5) is 5.95 Å². The Balaban J connectivity index is 1.40. The molecule has 0 spiro atoms. The molecule has 0 fully saturated rings. The van der Waals surface area contributed by atoms with Crippen LogP contribution in [0, 0.1) is 0 Å². The lowest BCUT2D eigenvalue weighted by Gasteiger charge is -2.22. The van der Waals surface area contributed by atoms with Gasteiger partial charge < -0.3 is 5.32 Å². The largest absolute Gasteiger partial charge is 0.354 e. The van der Waals surface area contributed by atoms with Gasteiger partial charge in [-0.15, -0.1) is 5.10 Å². The Morgan fingerprint density at radius 3 is 2.52 bits per heavy atom. The lowest BCUT2D eigenvalue weighted by molar-refractivity contribution is -0.128. The number of hydrogen-bond donors (Lipinski definition) is 2.